The van der Waals surface area contributed by atoms with Crippen molar-refractivity contribution in [1.82, 2.24) is 0 Å². The second-order valence-electron chi connectivity index (χ2n) is 14.1. The first-order chi connectivity index (χ1) is 16.2. The van der Waals surface area contributed by atoms with Crippen LogP contribution in [-0.2, 0) is 9.53 Å². The van der Waals surface area contributed by atoms with Gasteiger partial charge >= 0.3 is 0 Å². The number of hydrogen-bond donors (Lipinski definition) is 2. The van der Waals surface area contributed by atoms with Gasteiger partial charge in [-0.25, -0.2) is 0 Å². The minimum absolute atomic E-state index is 0.00790. The standard InChI is InChI=1S/C31H50O4/c1-20(10-9-14-27(2,3)34)21-13-15-30(7)26-24(35-8)18-23-22(11-12-25(33)28(23,4)5)31(26,19-32)17-16-29(21,30)6/h9,14,18-22,24-26,33-34H,10-13,15-17H2,1-8H3. The summed E-state index contributed by atoms with van der Waals surface area (Å²) in [4.78, 5) is 13.2. The molecule has 0 bridgehead atoms. The van der Waals surface area contributed by atoms with E-state index in [9.17, 15) is 15.0 Å². The van der Waals surface area contributed by atoms with Crippen LogP contribution in [0, 0.1) is 45.3 Å². The van der Waals surface area contributed by atoms with Gasteiger partial charge in [0.1, 0.15) is 6.29 Å². The molecule has 4 rings (SSSR count). The molecule has 0 amide bonds. The summed E-state index contributed by atoms with van der Waals surface area (Å²) in [6.45, 7) is 15.3. The van der Waals surface area contributed by atoms with Crippen molar-refractivity contribution in [3.05, 3.63) is 23.8 Å². The highest BCUT2D eigenvalue weighted by molar-refractivity contribution is 5.65. The molecule has 9 unspecified atom stereocenters. The molecule has 0 spiro atoms. The lowest BCUT2D eigenvalue weighted by Gasteiger charge is -2.66. The molecule has 0 aromatic carbocycles. The van der Waals surface area contributed by atoms with Gasteiger partial charge in [0.25, 0.3) is 0 Å². The Morgan fingerprint density at radius 2 is 1.80 bits per heavy atom. The number of allylic oxidation sites excluding steroid dienone is 1. The van der Waals surface area contributed by atoms with Crippen molar-refractivity contribution in [2.24, 2.45) is 45.3 Å². The molecule has 3 fully saturated rings. The third kappa shape index (κ3) is 3.92. The summed E-state index contributed by atoms with van der Waals surface area (Å²) in [5.74, 6) is 1.45. The Morgan fingerprint density at radius 3 is 2.40 bits per heavy atom. The molecule has 4 nitrogen and oxygen atoms in total. The topological polar surface area (TPSA) is 66.8 Å². The van der Waals surface area contributed by atoms with Crippen molar-refractivity contribution < 1.29 is 19.7 Å². The summed E-state index contributed by atoms with van der Waals surface area (Å²) in [7, 11) is 1.80. The van der Waals surface area contributed by atoms with Gasteiger partial charge in [-0.05, 0) is 87.4 Å². The van der Waals surface area contributed by atoms with E-state index in [1.165, 1.54) is 18.3 Å². The average molecular weight is 487 g/mol. The van der Waals surface area contributed by atoms with E-state index in [0.29, 0.717) is 11.8 Å². The van der Waals surface area contributed by atoms with Crippen LogP contribution in [0.2, 0.25) is 0 Å². The second-order valence-corrected chi connectivity index (χ2v) is 14.1. The molecule has 3 saturated carbocycles. The van der Waals surface area contributed by atoms with Gasteiger partial charge in [0.2, 0.25) is 0 Å². The van der Waals surface area contributed by atoms with Crippen LogP contribution in [0.1, 0.15) is 93.4 Å². The molecule has 0 heterocycles. The average Bonchev–Trinajstić information content (AvgIpc) is 3.06. The Bertz CT molecular complexity index is 881. The molecule has 35 heavy (non-hydrogen) atoms. The summed E-state index contributed by atoms with van der Waals surface area (Å²) in [5, 5.41) is 21.0. The van der Waals surface area contributed by atoms with Gasteiger partial charge in [-0.1, -0.05) is 58.4 Å². The van der Waals surface area contributed by atoms with E-state index in [1.807, 2.05) is 19.9 Å². The third-order valence-electron chi connectivity index (χ3n) is 11.7. The minimum Gasteiger partial charge on any atom is -0.392 e. The number of methoxy groups -OCH3 is 1. The molecule has 0 aromatic heterocycles. The lowest BCUT2D eigenvalue weighted by atomic mass is 9.38. The van der Waals surface area contributed by atoms with Gasteiger partial charge in [0, 0.05) is 23.9 Å². The quantitative estimate of drug-likeness (QED) is 0.351. The summed E-state index contributed by atoms with van der Waals surface area (Å²) in [6, 6.07) is 0. The van der Waals surface area contributed by atoms with Crippen LogP contribution in [0.4, 0.5) is 0 Å². The molecule has 4 aliphatic carbocycles. The van der Waals surface area contributed by atoms with Crippen LogP contribution in [0.3, 0.4) is 0 Å². The number of fused-ring (bicyclic) bond motifs is 5. The number of rotatable bonds is 6. The fourth-order valence-electron chi connectivity index (χ4n) is 9.46. The number of hydrogen-bond acceptors (Lipinski definition) is 4. The second kappa shape index (κ2) is 8.81. The van der Waals surface area contributed by atoms with Crippen molar-refractivity contribution in [2.45, 2.75) is 111 Å². The van der Waals surface area contributed by atoms with Crippen LogP contribution in [-0.4, -0.2) is 41.4 Å². The van der Waals surface area contributed by atoms with Gasteiger partial charge in [-0.2, -0.15) is 0 Å². The van der Waals surface area contributed by atoms with Crippen molar-refractivity contribution in [3.63, 3.8) is 0 Å². The highest BCUT2D eigenvalue weighted by Gasteiger charge is 2.70. The summed E-state index contributed by atoms with van der Waals surface area (Å²) in [5.41, 5.74) is -0.136. The Hall–Kier alpha value is -0.970. The van der Waals surface area contributed by atoms with E-state index in [4.69, 9.17) is 4.74 Å². The zero-order chi connectivity index (χ0) is 26.0. The summed E-state index contributed by atoms with van der Waals surface area (Å²) in [6.07, 6.45) is 14.1. The molecular weight excluding hydrogens is 436 g/mol. The van der Waals surface area contributed by atoms with Gasteiger partial charge in [-0.3, -0.25) is 0 Å². The zero-order valence-corrected chi connectivity index (χ0v) is 23.4. The van der Waals surface area contributed by atoms with Gasteiger partial charge < -0.3 is 19.7 Å². The maximum absolute atomic E-state index is 13.2. The van der Waals surface area contributed by atoms with Gasteiger partial charge in [-0.15, -0.1) is 0 Å². The first-order valence-corrected chi connectivity index (χ1v) is 14.0. The predicted molar refractivity (Wildman–Crippen MR) is 141 cm³/mol. The number of carbonyl (C=O) groups is 1. The van der Waals surface area contributed by atoms with E-state index < -0.39 is 11.0 Å². The van der Waals surface area contributed by atoms with Crippen molar-refractivity contribution >= 4 is 6.29 Å². The predicted octanol–water partition coefficient (Wildman–Crippen LogP) is 6.11. The number of aliphatic hydroxyl groups excluding tert-OH is 1. The normalized spacial score (nSPS) is 45.9. The van der Waals surface area contributed by atoms with E-state index in [1.54, 1.807) is 7.11 Å². The van der Waals surface area contributed by atoms with Crippen molar-refractivity contribution in [2.75, 3.05) is 7.11 Å². The fraction of sp³-hybridized carbons (Fsp3) is 0.839. The zero-order valence-electron chi connectivity index (χ0n) is 23.4. The van der Waals surface area contributed by atoms with E-state index in [2.05, 4.69) is 46.8 Å². The number of aldehydes is 1. The molecule has 2 N–H and O–H groups in total. The van der Waals surface area contributed by atoms with Crippen molar-refractivity contribution in [3.8, 4) is 0 Å². The Morgan fingerprint density at radius 1 is 1.11 bits per heavy atom. The van der Waals surface area contributed by atoms with Crippen molar-refractivity contribution in [1.29, 1.82) is 0 Å². The molecule has 9 atom stereocenters. The molecule has 4 heteroatoms. The Labute approximate surface area is 213 Å². The van der Waals surface area contributed by atoms with Gasteiger partial charge in [0.05, 0.1) is 17.8 Å². The molecule has 198 valence electrons. The van der Waals surface area contributed by atoms with E-state index >= 15 is 0 Å². The highest BCUT2D eigenvalue weighted by atomic mass is 16.5. The molecule has 0 aromatic rings. The highest BCUT2D eigenvalue weighted by Crippen LogP contribution is 2.74. The van der Waals surface area contributed by atoms with E-state index in [0.717, 1.165) is 38.5 Å². The molecule has 0 radical (unpaired) electrons. The SMILES string of the molecule is COC1C=C2C(CCC(O)C2(C)C)C2(C=O)CCC3(C)C(C(C)CC=CC(C)(C)O)CCC3(C)C12. The first kappa shape index (κ1) is 27.1. The van der Waals surface area contributed by atoms with Crippen LogP contribution in [0.25, 0.3) is 0 Å². The molecular formula is C31H50O4. The number of ether oxygens (including phenoxy) is 1. The third-order valence-corrected chi connectivity index (χ3v) is 11.7. The maximum atomic E-state index is 13.2. The number of carbonyl (C=O) groups excluding carboxylic acids is 1. The monoisotopic (exact) mass is 486 g/mol. The fourth-order valence-corrected chi connectivity index (χ4v) is 9.46. The lowest BCUT2D eigenvalue weighted by molar-refractivity contribution is -0.186. The summed E-state index contributed by atoms with van der Waals surface area (Å²) < 4.78 is 6.23. The smallest absolute Gasteiger partial charge is 0.127 e. The molecule has 0 saturated heterocycles. The Kier molecular flexibility index (Phi) is 6.81. The lowest BCUT2D eigenvalue weighted by Crippen LogP contribution is -2.64. The molecule has 0 aliphatic heterocycles. The van der Waals surface area contributed by atoms with Crippen LogP contribution in [0.5, 0.6) is 0 Å². The Balaban J connectivity index is 1.73. The van der Waals surface area contributed by atoms with Crippen LogP contribution >= 0.6 is 0 Å². The van der Waals surface area contributed by atoms with Crippen LogP contribution in [0.15, 0.2) is 23.8 Å². The van der Waals surface area contributed by atoms with Gasteiger partial charge in [0.15, 0.2) is 0 Å². The first-order valence-electron chi connectivity index (χ1n) is 14.0. The minimum atomic E-state index is -0.776. The van der Waals surface area contributed by atoms with Crippen LogP contribution < -0.4 is 0 Å². The summed E-state index contributed by atoms with van der Waals surface area (Å²) >= 11 is 0. The molecule has 4 aliphatic rings. The maximum Gasteiger partial charge on any atom is 0.127 e. The number of aliphatic hydroxyl groups is 2. The van der Waals surface area contributed by atoms with E-state index in [-0.39, 0.29) is 40.3 Å². The largest absolute Gasteiger partial charge is 0.392 e.